The molecule has 0 bridgehead atoms. The molecule has 0 aliphatic heterocycles. The van der Waals surface area contributed by atoms with E-state index in [4.69, 9.17) is 32.7 Å². The number of methoxy groups -OCH3 is 1. The van der Waals surface area contributed by atoms with Crippen molar-refractivity contribution in [2.75, 3.05) is 13.9 Å². The van der Waals surface area contributed by atoms with Crippen LogP contribution in [-0.2, 0) is 4.74 Å². The number of hydrogen-bond donors (Lipinski definition) is 1. The zero-order chi connectivity index (χ0) is 20.1. The fourth-order valence-corrected chi connectivity index (χ4v) is 4.36. The summed E-state index contributed by atoms with van der Waals surface area (Å²) >= 11 is 12.6. The van der Waals surface area contributed by atoms with E-state index >= 15 is 0 Å². The summed E-state index contributed by atoms with van der Waals surface area (Å²) in [6.07, 6.45) is 3.48. The minimum Gasteiger partial charge on any atom is -0.467 e. The topological polar surface area (TPSA) is 69.4 Å². The highest BCUT2D eigenvalue weighted by molar-refractivity contribution is 6.36. The van der Waals surface area contributed by atoms with Crippen molar-refractivity contribution < 1.29 is 14.6 Å². The van der Waals surface area contributed by atoms with Gasteiger partial charge < -0.3 is 19.1 Å². The third-order valence-electron chi connectivity index (χ3n) is 5.13. The highest BCUT2D eigenvalue weighted by Gasteiger charge is 2.40. The van der Waals surface area contributed by atoms with E-state index in [0.29, 0.717) is 39.9 Å². The molecule has 0 radical (unpaired) electrons. The summed E-state index contributed by atoms with van der Waals surface area (Å²) in [5.41, 5.74) is 2.50. The van der Waals surface area contributed by atoms with Gasteiger partial charge in [0.05, 0.1) is 21.9 Å². The smallest absolute Gasteiger partial charge is 0.188 e. The molecule has 1 N–H and O–H groups in total. The van der Waals surface area contributed by atoms with Gasteiger partial charge in [0.2, 0.25) is 0 Å². The highest BCUT2D eigenvalue weighted by Crippen LogP contribution is 2.44. The highest BCUT2D eigenvalue weighted by atomic mass is 35.5. The Morgan fingerprint density at radius 3 is 2.68 bits per heavy atom. The average molecular weight is 422 g/mol. The van der Waals surface area contributed by atoms with Crippen LogP contribution in [0.15, 0.2) is 24.4 Å². The monoisotopic (exact) mass is 421 g/mol. The Hall–Kier alpha value is -1.86. The van der Waals surface area contributed by atoms with Crippen LogP contribution in [0.2, 0.25) is 10.0 Å². The standard InChI is InChI=1S/C20H21Cl2N3O3/c1-11-9-25(13-7-20(2,26)8-13)19-14(11)6-16(23-24-19)18-15(22)4-12(21)5-17(18)28-10-27-3/h4-6,9,13,26H,7-8,10H2,1-3H3. The van der Waals surface area contributed by atoms with Crippen molar-refractivity contribution in [2.24, 2.45) is 0 Å². The molecule has 1 aliphatic carbocycles. The lowest BCUT2D eigenvalue weighted by Crippen LogP contribution is -2.41. The zero-order valence-electron chi connectivity index (χ0n) is 15.9. The molecular weight excluding hydrogens is 401 g/mol. The molecule has 0 atom stereocenters. The fraction of sp³-hybridized carbons (Fsp3) is 0.400. The first-order chi connectivity index (χ1) is 13.3. The molecular formula is C20H21Cl2N3O3. The first-order valence-electron chi connectivity index (χ1n) is 8.97. The Labute approximate surface area is 173 Å². The number of nitrogens with zero attached hydrogens (tertiary/aromatic N) is 3. The van der Waals surface area contributed by atoms with E-state index < -0.39 is 5.60 Å². The first-order valence-corrected chi connectivity index (χ1v) is 9.73. The van der Waals surface area contributed by atoms with Gasteiger partial charge in [0.15, 0.2) is 12.4 Å². The van der Waals surface area contributed by atoms with Crippen molar-refractivity contribution in [1.29, 1.82) is 0 Å². The van der Waals surface area contributed by atoms with Gasteiger partial charge in [-0.25, -0.2) is 0 Å². The Kier molecular flexibility index (Phi) is 5.00. The predicted octanol–water partition coefficient (Wildman–Crippen LogP) is 4.78. The second-order valence-electron chi connectivity index (χ2n) is 7.56. The summed E-state index contributed by atoms with van der Waals surface area (Å²) in [4.78, 5) is 0. The lowest BCUT2D eigenvalue weighted by Gasteiger charge is -2.41. The Morgan fingerprint density at radius 1 is 1.25 bits per heavy atom. The molecule has 8 heteroatoms. The van der Waals surface area contributed by atoms with Gasteiger partial charge in [0.1, 0.15) is 5.75 Å². The minimum atomic E-state index is -0.604. The van der Waals surface area contributed by atoms with Crippen molar-refractivity contribution in [3.63, 3.8) is 0 Å². The maximum Gasteiger partial charge on any atom is 0.188 e. The van der Waals surface area contributed by atoms with Gasteiger partial charge >= 0.3 is 0 Å². The maximum atomic E-state index is 10.1. The number of ether oxygens (including phenoxy) is 2. The number of hydrogen-bond acceptors (Lipinski definition) is 5. The molecule has 0 amide bonds. The van der Waals surface area contributed by atoms with E-state index in [1.165, 1.54) is 0 Å². The van der Waals surface area contributed by atoms with Crippen molar-refractivity contribution in [2.45, 2.75) is 38.3 Å². The van der Waals surface area contributed by atoms with Crippen LogP contribution in [0.1, 0.15) is 31.4 Å². The van der Waals surface area contributed by atoms with Crippen LogP contribution in [0.4, 0.5) is 0 Å². The molecule has 0 spiro atoms. The van der Waals surface area contributed by atoms with E-state index in [1.807, 2.05) is 19.9 Å². The second kappa shape index (κ2) is 7.19. The molecule has 6 nitrogen and oxygen atoms in total. The van der Waals surface area contributed by atoms with Crippen molar-refractivity contribution >= 4 is 34.2 Å². The Morgan fingerprint density at radius 2 is 2.00 bits per heavy atom. The summed E-state index contributed by atoms with van der Waals surface area (Å²) in [7, 11) is 1.54. The summed E-state index contributed by atoms with van der Waals surface area (Å²) < 4.78 is 12.8. The van der Waals surface area contributed by atoms with Crippen molar-refractivity contribution in [1.82, 2.24) is 14.8 Å². The first kappa shape index (κ1) is 19.5. The normalized spacial score (nSPS) is 21.7. The van der Waals surface area contributed by atoms with Gasteiger partial charge in [0, 0.05) is 29.8 Å². The second-order valence-corrected chi connectivity index (χ2v) is 8.40. The fourth-order valence-electron chi connectivity index (χ4n) is 3.79. The largest absolute Gasteiger partial charge is 0.467 e. The molecule has 0 saturated heterocycles. The number of fused-ring (bicyclic) bond motifs is 1. The molecule has 1 saturated carbocycles. The van der Waals surface area contributed by atoms with Gasteiger partial charge in [0.25, 0.3) is 0 Å². The van der Waals surface area contributed by atoms with Crippen LogP contribution >= 0.6 is 23.2 Å². The molecule has 1 fully saturated rings. The van der Waals surface area contributed by atoms with Crippen LogP contribution in [0, 0.1) is 6.92 Å². The van der Waals surface area contributed by atoms with Gasteiger partial charge in [-0.2, -0.15) is 0 Å². The van der Waals surface area contributed by atoms with Crippen molar-refractivity contribution in [3.05, 3.63) is 40.0 Å². The zero-order valence-corrected chi connectivity index (χ0v) is 17.4. The van der Waals surface area contributed by atoms with Crippen LogP contribution in [0.3, 0.4) is 0 Å². The third-order valence-corrected chi connectivity index (χ3v) is 5.64. The lowest BCUT2D eigenvalue weighted by molar-refractivity contribution is -0.0498. The molecule has 4 rings (SSSR count). The lowest BCUT2D eigenvalue weighted by atomic mass is 9.77. The van der Waals surface area contributed by atoms with Crippen LogP contribution in [-0.4, -0.2) is 39.4 Å². The van der Waals surface area contributed by atoms with E-state index in [0.717, 1.165) is 16.6 Å². The average Bonchev–Trinajstić information content (AvgIpc) is 2.93. The van der Waals surface area contributed by atoms with Crippen LogP contribution in [0.5, 0.6) is 5.75 Å². The predicted molar refractivity (Wildman–Crippen MR) is 109 cm³/mol. The number of benzene rings is 1. The number of aromatic nitrogens is 3. The molecule has 148 valence electrons. The number of halogens is 2. The molecule has 1 aliphatic rings. The van der Waals surface area contributed by atoms with Crippen LogP contribution in [0.25, 0.3) is 22.3 Å². The van der Waals surface area contributed by atoms with E-state index in [-0.39, 0.29) is 12.8 Å². The van der Waals surface area contributed by atoms with E-state index in [2.05, 4.69) is 21.0 Å². The summed E-state index contributed by atoms with van der Waals surface area (Å²) in [6, 6.07) is 5.52. The maximum absolute atomic E-state index is 10.1. The summed E-state index contributed by atoms with van der Waals surface area (Å²) in [5.74, 6) is 0.486. The van der Waals surface area contributed by atoms with Gasteiger partial charge in [-0.1, -0.05) is 23.2 Å². The van der Waals surface area contributed by atoms with Gasteiger partial charge in [-0.15, -0.1) is 10.2 Å². The Balaban J connectivity index is 1.78. The molecule has 1 aromatic carbocycles. The van der Waals surface area contributed by atoms with Gasteiger partial charge in [-0.3, -0.25) is 0 Å². The SMILES string of the molecule is COCOc1cc(Cl)cc(Cl)c1-c1cc2c(C)cn(C3CC(C)(O)C3)c2nn1. The third kappa shape index (κ3) is 3.46. The number of aliphatic hydroxyl groups is 1. The van der Waals surface area contributed by atoms with E-state index in [9.17, 15) is 5.11 Å². The quantitative estimate of drug-likeness (QED) is 0.600. The number of rotatable bonds is 5. The molecule has 3 aromatic rings. The van der Waals surface area contributed by atoms with Crippen molar-refractivity contribution in [3.8, 4) is 17.0 Å². The van der Waals surface area contributed by atoms with Gasteiger partial charge in [-0.05, 0) is 50.5 Å². The minimum absolute atomic E-state index is 0.0658. The van der Waals surface area contributed by atoms with E-state index in [1.54, 1.807) is 19.2 Å². The molecule has 28 heavy (non-hydrogen) atoms. The molecule has 2 aromatic heterocycles. The molecule has 0 unspecified atom stereocenters. The molecule has 2 heterocycles. The number of aryl methyl sites for hydroxylation is 1. The summed E-state index contributed by atoms with van der Waals surface area (Å²) in [5, 5.41) is 20.8. The Bertz CT molecular complexity index is 1040. The van der Waals surface area contributed by atoms with Crippen LogP contribution < -0.4 is 4.74 Å². The summed E-state index contributed by atoms with van der Waals surface area (Å²) in [6.45, 7) is 3.96.